The summed E-state index contributed by atoms with van der Waals surface area (Å²) in [5.41, 5.74) is 0. The van der Waals surface area contributed by atoms with Crippen molar-refractivity contribution < 1.29 is 17.9 Å². The Morgan fingerprint density at radius 2 is 2.14 bits per heavy atom. The molecule has 22 heavy (non-hydrogen) atoms. The summed E-state index contributed by atoms with van der Waals surface area (Å²) in [6, 6.07) is 1.63. The van der Waals surface area contributed by atoms with Crippen LogP contribution in [0.1, 0.15) is 9.67 Å². The summed E-state index contributed by atoms with van der Waals surface area (Å²) in [7, 11) is -2.46. The van der Waals surface area contributed by atoms with E-state index in [1.165, 1.54) is 13.2 Å². The maximum atomic E-state index is 12.4. The molecule has 1 aromatic rings. The minimum Gasteiger partial charge on any atom is -0.465 e. The molecule has 9 heteroatoms. The van der Waals surface area contributed by atoms with Crippen molar-refractivity contribution in [3.8, 4) is 0 Å². The number of carbonyl (C=O) groups excluding carboxylic acids is 1. The van der Waals surface area contributed by atoms with E-state index in [4.69, 9.17) is 0 Å². The number of thiophene rings is 1. The van der Waals surface area contributed by atoms with Crippen molar-refractivity contribution in [2.75, 3.05) is 46.4 Å². The second-order valence-corrected chi connectivity index (χ2v) is 8.10. The lowest BCUT2D eigenvalue weighted by molar-refractivity contribution is 0.0158. The van der Waals surface area contributed by atoms with Crippen LogP contribution in [0, 0.1) is 0 Å². The van der Waals surface area contributed by atoms with E-state index in [0.717, 1.165) is 44.1 Å². The van der Waals surface area contributed by atoms with Crippen molar-refractivity contribution in [3.63, 3.8) is 0 Å². The molecule has 3 fully saturated rings. The Morgan fingerprint density at radius 3 is 2.73 bits per heavy atom. The van der Waals surface area contributed by atoms with E-state index in [1.807, 2.05) is 0 Å². The second kappa shape index (κ2) is 6.25. The molecule has 0 aromatic carbocycles. The standard InChI is InChI=1S/C13H19N3O4S2/c1-20-13(17)12-11(2-7-21-12)22(18,19)14-8-10-9-15-3-5-16(10)6-4-15/h2,7,10,14H,3-6,8-9H2,1H3. The van der Waals surface area contributed by atoms with Crippen molar-refractivity contribution in [1.82, 2.24) is 14.5 Å². The summed E-state index contributed by atoms with van der Waals surface area (Å²) in [6.07, 6.45) is 0. The van der Waals surface area contributed by atoms with Crippen LogP contribution in [0.4, 0.5) is 0 Å². The average molecular weight is 345 g/mol. The number of piperazine rings is 3. The number of hydrogen-bond acceptors (Lipinski definition) is 7. The van der Waals surface area contributed by atoms with Crippen LogP contribution in [0.5, 0.6) is 0 Å². The molecule has 7 nitrogen and oxygen atoms in total. The lowest BCUT2D eigenvalue weighted by Gasteiger charge is -2.47. The molecule has 1 unspecified atom stereocenters. The third-order valence-corrected chi connectivity index (χ3v) is 6.68. The van der Waals surface area contributed by atoms with Crippen molar-refractivity contribution in [2.45, 2.75) is 10.9 Å². The molecule has 4 rings (SSSR count). The predicted molar refractivity (Wildman–Crippen MR) is 82.6 cm³/mol. The van der Waals surface area contributed by atoms with Crippen LogP contribution in [-0.4, -0.2) is 76.6 Å². The highest BCUT2D eigenvalue weighted by molar-refractivity contribution is 7.89. The first kappa shape index (κ1) is 15.9. The van der Waals surface area contributed by atoms with Gasteiger partial charge in [0.2, 0.25) is 10.0 Å². The van der Waals surface area contributed by atoms with Crippen LogP contribution in [-0.2, 0) is 14.8 Å². The first-order valence-electron chi connectivity index (χ1n) is 7.13. The number of fused-ring (bicyclic) bond motifs is 3. The van der Waals surface area contributed by atoms with E-state index in [9.17, 15) is 13.2 Å². The number of nitrogens with zero attached hydrogens (tertiary/aromatic N) is 2. The zero-order chi connectivity index (χ0) is 15.7. The fraction of sp³-hybridized carbons (Fsp3) is 0.615. The van der Waals surface area contributed by atoms with Crippen LogP contribution >= 0.6 is 11.3 Å². The molecular weight excluding hydrogens is 326 g/mol. The molecule has 3 aliphatic heterocycles. The van der Waals surface area contributed by atoms with Gasteiger partial charge >= 0.3 is 5.97 Å². The smallest absolute Gasteiger partial charge is 0.349 e. The number of nitrogens with one attached hydrogen (secondary N) is 1. The third-order valence-electron chi connectivity index (χ3n) is 4.19. The zero-order valence-electron chi connectivity index (χ0n) is 12.3. The SMILES string of the molecule is COC(=O)c1sccc1S(=O)(=O)NCC1CN2CCN1CC2. The summed E-state index contributed by atoms with van der Waals surface area (Å²) in [6.45, 7) is 5.32. The Morgan fingerprint density at radius 1 is 1.41 bits per heavy atom. The molecule has 0 radical (unpaired) electrons. The number of hydrogen-bond donors (Lipinski definition) is 1. The van der Waals surface area contributed by atoms with Gasteiger partial charge in [0.05, 0.1) is 7.11 Å². The van der Waals surface area contributed by atoms with Gasteiger partial charge in [-0.1, -0.05) is 0 Å². The zero-order valence-corrected chi connectivity index (χ0v) is 14.0. The Labute approximate surface area is 133 Å². The van der Waals surface area contributed by atoms with E-state index in [0.29, 0.717) is 6.54 Å². The lowest BCUT2D eigenvalue weighted by Crippen LogP contribution is -2.63. The van der Waals surface area contributed by atoms with E-state index in [1.54, 1.807) is 5.38 Å². The molecule has 1 aromatic heterocycles. The molecule has 1 atom stereocenters. The number of carbonyl (C=O) groups is 1. The van der Waals surface area contributed by atoms with E-state index >= 15 is 0 Å². The fourth-order valence-corrected chi connectivity index (χ4v) is 5.36. The molecule has 4 heterocycles. The number of sulfonamides is 1. The van der Waals surface area contributed by atoms with Gasteiger partial charge in [0, 0.05) is 45.3 Å². The van der Waals surface area contributed by atoms with Gasteiger partial charge in [0.15, 0.2) is 0 Å². The largest absolute Gasteiger partial charge is 0.465 e. The van der Waals surface area contributed by atoms with Gasteiger partial charge in [0.1, 0.15) is 9.77 Å². The summed E-state index contributed by atoms with van der Waals surface area (Å²) in [5.74, 6) is -0.623. The van der Waals surface area contributed by atoms with Crippen LogP contribution in [0.25, 0.3) is 0 Å². The molecular formula is C13H19N3O4S2. The first-order chi connectivity index (χ1) is 10.5. The predicted octanol–water partition coefficient (Wildman–Crippen LogP) is -0.187. The van der Waals surface area contributed by atoms with Gasteiger partial charge < -0.3 is 4.74 Å². The highest BCUT2D eigenvalue weighted by atomic mass is 32.2. The van der Waals surface area contributed by atoms with Crippen molar-refractivity contribution in [1.29, 1.82) is 0 Å². The Bertz CT molecular complexity index is 650. The van der Waals surface area contributed by atoms with Crippen LogP contribution in [0.15, 0.2) is 16.3 Å². The molecule has 3 saturated heterocycles. The van der Waals surface area contributed by atoms with Gasteiger partial charge in [-0.2, -0.15) is 0 Å². The molecule has 0 amide bonds. The van der Waals surface area contributed by atoms with Gasteiger partial charge in [-0.25, -0.2) is 17.9 Å². The van der Waals surface area contributed by atoms with Gasteiger partial charge in [0.25, 0.3) is 0 Å². The van der Waals surface area contributed by atoms with Gasteiger partial charge in [-0.3, -0.25) is 9.80 Å². The highest BCUT2D eigenvalue weighted by Gasteiger charge is 2.33. The van der Waals surface area contributed by atoms with Crippen LogP contribution < -0.4 is 4.72 Å². The van der Waals surface area contributed by atoms with Crippen molar-refractivity contribution in [2.24, 2.45) is 0 Å². The summed E-state index contributed by atoms with van der Waals surface area (Å²) in [5, 5.41) is 1.58. The maximum Gasteiger partial charge on any atom is 0.349 e. The maximum absolute atomic E-state index is 12.4. The molecule has 2 bridgehead atoms. The second-order valence-electron chi connectivity index (χ2n) is 5.45. The number of ether oxygens (including phenoxy) is 1. The minimum atomic E-state index is -3.70. The Balaban J connectivity index is 1.69. The monoisotopic (exact) mass is 345 g/mol. The number of methoxy groups -OCH3 is 1. The molecule has 0 aliphatic carbocycles. The Hall–Kier alpha value is -1.00. The molecule has 0 spiro atoms. The molecule has 122 valence electrons. The van der Waals surface area contributed by atoms with Crippen molar-refractivity contribution in [3.05, 3.63) is 16.3 Å². The normalized spacial score (nSPS) is 27.8. The summed E-state index contributed by atoms with van der Waals surface area (Å²) < 4.78 is 32.1. The molecule has 0 saturated carbocycles. The quantitative estimate of drug-likeness (QED) is 0.746. The van der Waals surface area contributed by atoms with E-state index in [-0.39, 0.29) is 15.8 Å². The number of esters is 1. The van der Waals surface area contributed by atoms with Gasteiger partial charge in [-0.15, -0.1) is 11.3 Å². The van der Waals surface area contributed by atoms with Crippen molar-refractivity contribution >= 4 is 27.3 Å². The van der Waals surface area contributed by atoms with Crippen LogP contribution in [0.3, 0.4) is 0 Å². The lowest BCUT2D eigenvalue weighted by atomic mass is 10.1. The van der Waals surface area contributed by atoms with E-state index < -0.39 is 16.0 Å². The number of rotatable bonds is 5. The van der Waals surface area contributed by atoms with E-state index in [2.05, 4.69) is 19.3 Å². The van der Waals surface area contributed by atoms with Crippen LogP contribution in [0.2, 0.25) is 0 Å². The van der Waals surface area contributed by atoms with Gasteiger partial charge in [-0.05, 0) is 11.4 Å². The summed E-state index contributed by atoms with van der Waals surface area (Å²) in [4.78, 5) is 16.4. The third kappa shape index (κ3) is 3.04. The molecule has 3 aliphatic rings. The summed E-state index contributed by atoms with van der Waals surface area (Å²) >= 11 is 1.07. The highest BCUT2D eigenvalue weighted by Crippen LogP contribution is 2.23. The first-order valence-corrected chi connectivity index (χ1v) is 9.49. The Kier molecular flexibility index (Phi) is 4.51. The average Bonchev–Trinajstić information content (AvgIpc) is 3.04. The topological polar surface area (TPSA) is 78.9 Å². The fourth-order valence-electron chi connectivity index (χ4n) is 2.95. The molecule has 1 N–H and O–H groups in total. The minimum absolute atomic E-state index is 0.000579.